The Kier molecular flexibility index (Phi) is 7.04. The van der Waals surface area contributed by atoms with E-state index in [2.05, 4.69) is 208 Å². The lowest BCUT2D eigenvalue weighted by Gasteiger charge is -2.23. The Morgan fingerprint density at radius 1 is 0.300 bits per heavy atom. The number of thiophene rings is 1. The smallest absolute Gasteiger partial charge is 0.0433 e. The van der Waals surface area contributed by atoms with Crippen molar-refractivity contribution in [1.82, 2.24) is 0 Å². The number of benzene rings is 11. The number of fused-ring (bicyclic) bond motifs is 13. The molecule has 280 valence electrons. The van der Waals surface area contributed by atoms with E-state index in [0.717, 1.165) is 0 Å². The molecular formula is C59H38S. The lowest BCUT2D eigenvalue weighted by atomic mass is 9.80. The van der Waals surface area contributed by atoms with Gasteiger partial charge in [0.15, 0.2) is 0 Å². The van der Waals surface area contributed by atoms with Gasteiger partial charge in [0, 0.05) is 25.6 Å². The average molecular weight is 779 g/mol. The summed E-state index contributed by atoms with van der Waals surface area (Å²) in [6, 6.07) is 72.8. The van der Waals surface area contributed by atoms with Gasteiger partial charge in [-0.2, -0.15) is 0 Å². The molecule has 11 aromatic carbocycles. The summed E-state index contributed by atoms with van der Waals surface area (Å²) >= 11 is 1.98. The largest absolute Gasteiger partial charge is 0.134 e. The number of rotatable bonds is 3. The van der Waals surface area contributed by atoms with E-state index < -0.39 is 0 Å². The summed E-state index contributed by atoms with van der Waals surface area (Å²) in [5.41, 5.74) is 13.1. The quantitative estimate of drug-likeness (QED) is 0.157. The molecule has 1 aliphatic carbocycles. The van der Waals surface area contributed by atoms with Crippen molar-refractivity contribution < 1.29 is 0 Å². The van der Waals surface area contributed by atoms with Gasteiger partial charge < -0.3 is 0 Å². The molecule has 1 heterocycles. The molecule has 1 aromatic heterocycles. The van der Waals surface area contributed by atoms with Crippen molar-refractivity contribution in [2.75, 3.05) is 0 Å². The SMILES string of the molecule is CC1(C)c2ccccc2-c2c(-c3ccc(-c4c5ccccc5c(-c5cccc6ccccc56)c5ccccc45)c4ccccc34)cc3c(sc4c5ccccc5ccc34)c21. The molecule has 0 unspecified atom stereocenters. The summed E-state index contributed by atoms with van der Waals surface area (Å²) < 4.78 is 2.78. The van der Waals surface area contributed by atoms with Gasteiger partial charge in [-0.25, -0.2) is 0 Å². The second kappa shape index (κ2) is 12.5. The van der Waals surface area contributed by atoms with Crippen LogP contribution in [0.2, 0.25) is 0 Å². The monoisotopic (exact) mass is 778 g/mol. The minimum absolute atomic E-state index is 0.156. The first-order chi connectivity index (χ1) is 29.6. The zero-order valence-corrected chi connectivity index (χ0v) is 34.2. The minimum atomic E-state index is -0.156. The van der Waals surface area contributed by atoms with Crippen molar-refractivity contribution >= 4 is 85.4 Å². The van der Waals surface area contributed by atoms with Crippen LogP contribution >= 0.6 is 11.3 Å². The zero-order valence-electron chi connectivity index (χ0n) is 33.4. The van der Waals surface area contributed by atoms with Gasteiger partial charge >= 0.3 is 0 Å². The molecule has 0 saturated heterocycles. The molecule has 0 radical (unpaired) electrons. The third-order valence-corrected chi connectivity index (χ3v) is 14.9. The van der Waals surface area contributed by atoms with E-state index in [1.165, 1.54) is 130 Å². The van der Waals surface area contributed by atoms with Gasteiger partial charge in [0.25, 0.3) is 0 Å². The lowest BCUT2D eigenvalue weighted by Crippen LogP contribution is -2.15. The van der Waals surface area contributed by atoms with Gasteiger partial charge in [0.1, 0.15) is 0 Å². The summed E-state index contributed by atoms with van der Waals surface area (Å²) in [5, 5.41) is 15.5. The Morgan fingerprint density at radius 3 is 1.47 bits per heavy atom. The van der Waals surface area contributed by atoms with Crippen LogP contribution in [0.15, 0.2) is 194 Å². The molecule has 60 heavy (non-hydrogen) atoms. The van der Waals surface area contributed by atoms with Crippen molar-refractivity contribution in [2.45, 2.75) is 19.3 Å². The fourth-order valence-corrected chi connectivity index (χ4v) is 12.5. The van der Waals surface area contributed by atoms with E-state index in [4.69, 9.17) is 0 Å². The Labute approximate surface area is 352 Å². The van der Waals surface area contributed by atoms with Gasteiger partial charge in [0.2, 0.25) is 0 Å². The summed E-state index contributed by atoms with van der Waals surface area (Å²) in [6.45, 7) is 4.87. The minimum Gasteiger partial charge on any atom is -0.134 e. The third-order valence-electron chi connectivity index (χ3n) is 13.6. The lowest BCUT2D eigenvalue weighted by molar-refractivity contribution is 0.667. The van der Waals surface area contributed by atoms with Crippen molar-refractivity contribution in [3.63, 3.8) is 0 Å². The van der Waals surface area contributed by atoms with Crippen LogP contribution in [0.5, 0.6) is 0 Å². The highest BCUT2D eigenvalue weighted by molar-refractivity contribution is 7.27. The van der Waals surface area contributed by atoms with E-state index >= 15 is 0 Å². The second-order valence-electron chi connectivity index (χ2n) is 17.1. The fourth-order valence-electron chi connectivity index (χ4n) is 11.0. The third kappa shape index (κ3) is 4.56. The van der Waals surface area contributed by atoms with Gasteiger partial charge in [-0.05, 0) is 116 Å². The Balaban J connectivity index is 1.13. The maximum atomic E-state index is 2.53. The Hall–Kier alpha value is -7.06. The van der Waals surface area contributed by atoms with Crippen molar-refractivity contribution in [3.8, 4) is 44.5 Å². The van der Waals surface area contributed by atoms with Crippen LogP contribution < -0.4 is 0 Å². The first-order valence-electron chi connectivity index (χ1n) is 21.0. The van der Waals surface area contributed by atoms with Crippen LogP contribution in [0.25, 0.3) is 119 Å². The molecular weight excluding hydrogens is 741 g/mol. The first-order valence-corrected chi connectivity index (χ1v) is 21.8. The average Bonchev–Trinajstić information content (AvgIpc) is 3.79. The van der Waals surface area contributed by atoms with Crippen LogP contribution in [-0.2, 0) is 5.41 Å². The number of hydrogen-bond acceptors (Lipinski definition) is 1. The van der Waals surface area contributed by atoms with Gasteiger partial charge in [0.05, 0.1) is 0 Å². The summed E-state index contributed by atoms with van der Waals surface area (Å²) in [6.07, 6.45) is 0. The highest BCUT2D eigenvalue weighted by Crippen LogP contribution is 2.58. The van der Waals surface area contributed by atoms with Crippen LogP contribution in [0.4, 0.5) is 0 Å². The van der Waals surface area contributed by atoms with Crippen LogP contribution in [0.1, 0.15) is 25.0 Å². The predicted molar refractivity (Wildman–Crippen MR) is 261 cm³/mol. The molecule has 0 aliphatic heterocycles. The molecule has 0 fully saturated rings. The highest BCUT2D eigenvalue weighted by Gasteiger charge is 2.39. The van der Waals surface area contributed by atoms with Crippen molar-refractivity contribution in [1.29, 1.82) is 0 Å². The summed E-state index contributed by atoms with van der Waals surface area (Å²) in [4.78, 5) is 0. The fraction of sp³-hybridized carbons (Fsp3) is 0.0508. The maximum Gasteiger partial charge on any atom is 0.0433 e. The van der Waals surface area contributed by atoms with Crippen molar-refractivity contribution in [2.24, 2.45) is 0 Å². The van der Waals surface area contributed by atoms with Gasteiger partial charge in [-0.1, -0.05) is 202 Å². The molecule has 13 rings (SSSR count). The topological polar surface area (TPSA) is 0 Å². The predicted octanol–water partition coefficient (Wildman–Crippen LogP) is 17.1. The van der Waals surface area contributed by atoms with Gasteiger partial charge in [-0.3, -0.25) is 0 Å². The van der Waals surface area contributed by atoms with E-state index in [1.807, 2.05) is 11.3 Å². The molecule has 1 aliphatic rings. The maximum absolute atomic E-state index is 2.53. The van der Waals surface area contributed by atoms with Crippen LogP contribution in [0, 0.1) is 0 Å². The molecule has 1 heteroatoms. The molecule has 0 saturated carbocycles. The molecule has 0 spiro atoms. The molecule has 0 nitrogen and oxygen atoms in total. The molecule has 0 amide bonds. The van der Waals surface area contributed by atoms with E-state index in [-0.39, 0.29) is 5.41 Å². The van der Waals surface area contributed by atoms with Crippen LogP contribution in [0.3, 0.4) is 0 Å². The van der Waals surface area contributed by atoms with Gasteiger partial charge in [-0.15, -0.1) is 11.3 Å². The Bertz CT molecular complexity index is 3740. The molecule has 0 bridgehead atoms. The van der Waals surface area contributed by atoms with E-state index in [1.54, 1.807) is 0 Å². The van der Waals surface area contributed by atoms with Crippen LogP contribution in [-0.4, -0.2) is 0 Å². The standard InChI is InChI=1S/C59H38S/c1-59(2)52-29-14-13-27-49(52)55-50(34-51-48-31-30-36-17-4-6-20-38(36)57(48)60-58(51)56(55)59)41-32-33-47(40-22-8-7-21-39(40)41)54-45-25-11-9-23-43(45)53(44-24-10-12-26-46(44)54)42-28-15-18-35-16-3-5-19-37(35)42/h3-34H,1-2H3. The van der Waals surface area contributed by atoms with Crippen molar-refractivity contribution in [3.05, 3.63) is 205 Å². The molecule has 0 N–H and O–H groups in total. The molecule has 0 atom stereocenters. The zero-order chi connectivity index (χ0) is 39.7. The summed E-state index contributed by atoms with van der Waals surface area (Å²) in [7, 11) is 0. The van der Waals surface area contributed by atoms with E-state index in [9.17, 15) is 0 Å². The second-order valence-corrected chi connectivity index (χ2v) is 18.1. The number of hydrogen-bond donors (Lipinski definition) is 0. The first kappa shape index (κ1) is 33.9. The normalized spacial score (nSPS) is 13.3. The highest BCUT2D eigenvalue weighted by atomic mass is 32.1. The summed E-state index contributed by atoms with van der Waals surface area (Å²) in [5.74, 6) is 0. The van der Waals surface area contributed by atoms with E-state index in [0.29, 0.717) is 0 Å². The Morgan fingerprint density at radius 2 is 0.783 bits per heavy atom. The molecule has 12 aromatic rings.